The molecule has 4 rings (SSSR count). The van der Waals surface area contributed by atoms with Gasteiger partial charge in [-0.2, -0.15) is 0 Å². The number of ether oxygens (including phenoxy) is 1. The molecule has 1 heterocycles. The van der Waals surface area contributed by atoms with E-state index in [4.69, 9.17) is 27.9 Å². The van der Waals surface area contributed by atoms with E-state index in [1.165, 1.54) is 0 Å². The zero-order valence-corrected chi connectivity index (χ0v) is 22.2. The van der Waals surface area contributed by atoms with Gasteiger partial charge in [0.05, 0.1) is 23.5 Å². The van der Waals surface area contributed by atoms with Gasteiger partial charge in [0.1, 0.15) is 12.2 Å². The summed E-state index contributed by atoms with van der Waals surface area (Å²) >= 11 is 12.4. The molecule has 1 saturated heterocycles. The molecule has 1 N–H and O–H groups in total. The minimum atomic E-state index is -3.44. The summed E-state index contributed by atoms with van der Waals surface area (Å²) in [6.45, 7) is 1.84. The van der Waals surface area contributed by atoms with Gasteiger partial charge in [-0.3, -0.25) is 9.59 Å². The molecular weight excluding hydrogens is 525 g/mol. The smallest absolute Gasteiger partial charge is 0.306 e. The summed E-state index contributed by atoms with van der Waals surface area (Å²) in [6.07, 6.45) is -0.0629. The van der Waals surface area contributed by atoms with Crippen molar-refractivity contribution in [3.63, 3.8) is 0 Å². The predicted molar refractivity (Wildman–Crippen MR) is 138 cm³/mol. The number of carboxylic acids is 1. The molecule has 10 heteroatoms. The molecule has 0 bridgehead atoms. The van der Waals surface area contributed by atoms with Crippen LogP contribution in [0.2, 0.25) is 10.0 Å². The highest BCUT2D eigenvalue weighted by Crippen LogP contribution is 2.45. The van der Waals surface area contributed by atoms with Gasteiger partial charge in [-0.15, -0.1) is 0 Å². The van der Waals surface area contributed by atoms with Gasteiger partial charge in [0.25, 0.3) is 5.91 Å². The third-order valence-corrected chi connectivity index (χ3v) is 9.85. The largest absolute Gasteiger partial charge is 0.481 e. The molecule has 4 atom stereocenters. The lowest BCUT2D eigenvalue weighted by molar-refractivity contribution is -0.182. The highest BCUT2D eigenvalue weighted by atomic mass is 35.5. The van der Waals surface area contributed by atoms with Crippen LogP contribution >= 0.6 is 23.2 Å². The molecule has 194 valence electrons. The molecule has 2 aromatic rings. The summed E-state index contributed by atoms with van der Waals surface area (Å²) in [5.41, 5.74) is 1.36. The second-order valence-corrected chi connectivity index (χ2v) is 12.6. The first kappa shape index (κ1) is 26.9. The number of carbonyl (C=O) groups excluding carboxylic acids is 1. The summed E-state index contributed by atoms with van der Waals surface area (Å²) in [5.74, 6) is -1.91. The number of amides is 1. The van der Waals surface area contributed by atoms with Gasteiger partial charge in [-0.05, 0) is 54.7 Å². The van der Waals surface area contributed by atoms with Crippen LogP contribution in [-0.2, 0) is 24.2 Å². The fraction of sp³-hybridized carbons (Fsp3) is 0.462. The van der Waals surface area contributed by atoms with Crippen LogP contribution in [0, 0.1) is 0 Å². The fourth-order valence-electron chi connectivity index (χ4n) is 4.93. The van der Waals surface area contributed by atoms with Crippen LogP contribution in [0.5, 0.6) is 0 Å². The van der Waals surface area contributed by atoms with Crippen molar-refractivity contribution in [1.82, 2.24) is 4.90 Å². The quantitative estimate of drug-likeness (QED) is 0.456. The van der Waals surface area contributed by atoms with E-state index >= 15 is 0 Å². The lowest BCUT2D eigenvalue weighted by atomic mass is 9.89. The van der Waals surface area contributed by atoms with Gasteiger partial charge in [0.15, 0.2) is 9.84 Å². The first-order chi connectivity index (χ1) is 17.1. The Morgan fingerprint density at radius 3 is 2.36 bits per heavy atom. The third-order valence-electron chi connectivity index (χ3n) is 7.03. The van der Waals surface area contributed by atoms with E-state index < -0.39 is 57.7 Å². The maximum atomic E-state index is 13.8. The maximum Gasteiger partial charge on any atom is 0.306 e. The average molecular weight is 554 g/mol. The zero-order chi connectivity index (χ0) is 26.0. The Kier molecular flexibility index (Phi) is 8.29. The first-order valence-corrected chi connectivity index (χ1v) is 14.5. The lowest BCUT2D eigenvalue weighted by Crippen LogP contribution is -2.57. The monoisotopic (exact) mass is 553 g/mol. The van der Waals surface area contributed by atoms with Crippen LogP contribution in [0.1, 0.15) is 62.3 Å². The van der Waals surface area contributed by atoms with Crippen molar-refractivity contribution in [2.45, 2.75) is 68.6 Å². The number of rotatable bonds is 9. The van der Waals surface area contributed by atoms with Crippen molar-refractivity contribution in [1.29, 1.82) is 0 Å². The summed E-state index contributed by atoms with van der Waals surface area (Å²) < 4.78 is 32.5. The van der Waals surface area contributed by atoms with E-state index in [0.29, 0.717) is 40.4 Å². The Labute approximate surface area is 221 Å². The van der Waals surface area contributed by atoms with Crippen molar-refractivity contribution in [2.24, 2.45) is 0 Å². The molecule has 0 spiro atoms. The second-order valence-electron chi connectivity index (χ2n) is 9.38. The Morgan fingerprint density at radius 2 is 1.81 bits per heavy atom. The summed E-state index contributed by atoms with van der Waals surface area (Å²) in [5, 5.41) is 10.1. The SMILES string of the molecule is CCC(CS(=O)(=O)C1CCC1)N1C(=O)C(CC(=O)O)OC(c2cccc(Cl)c2)C1c1ccc(Cl)cc1. The van der Waals surface area contributed by atoms with Gasteiger partial charge in [0.2, 0.25) is 0 Å². The maximum absolute atomic E-state index is 13.8. The molecule has 1 saturated carbocycles. The van der Waals surface area contributed by atoms with Crippen molar-refractivity contribution < 1.29 is 27.9 Å². The Bertz CT molecular complexity index is 1220. The van der Waals surface area contributed by atoms with Gasteiger partial charge < -0.3 is 14.7 Å². The third kappa shape index (κ3) is 5.72. The van der Waals surface area contributed by atoms with Gasteiger partial charge in [-0.1, -0.05) is 60.8 Å². The van der Waals surface area contributed by atoms with Crippen molar-refractivity contribution in [2.75, 3.05) is 5.75 Å². The van der Waals surface area contributed by atoms with E-state index in [2.05, 4.69) is 0 Å². The second kappa shape index (κ2) is 11.1. The van der Waals surface area contributed by atoms with Crippen LogP contribution in [0.4, 0.5) is 0 Å². The average Bonchev–Trinajstić information content (AvgIpc) is 2.77. The Hall–Kier alpha value is -2.13. The van der Waals surface area contributed by atoms with E-state index in [9.17, 15) is 23.1 Å². The van der Waals surface area contributed by atoms with Crippen LogP contribution < -0.4 is 0 Å². The summed E-state index contributed by atoms with van der Waals surface area (Å²) in [6, 6.07) is 12.6. The highest BCUT2D eigenvalue weighted by molar-refractivity contribution is 7.92. The number of hydrogen-bond donors (Lipinski definition) is 1. The van der Waals surface area contributed by atoms with Crippen LogP contribution in [0.15, 0.2) is 48.5 Å². The Balaban J connectivity index is 1.83. The number of carbonyl (C=O) groups is 2. The van der Waals surface area contributed by atoms with Crippen molar-refractivity contribution >= 4 is 44.9 Å². The molecule has 0 aromatic heterocycles. The number of nitrogens with zero attached hydrogens (tertiary/aromatic N) is 1. The van der Waals surface area contributed by atoms with E-state index in [1.54, 1.807) is 53.4 Å². The molecule has 2 aliphatic rings. The summed E-state index contributed by atoms with van der Waals surface area (Å²) in [7, 11) is -3.44. The molecule has 1 aliphatic carbocycles. The molecule has 2 fully saturated rings. The van der Waals surface area contributed by atoms with Crippen molar-refractivity contribution in [3.8, 4) is 0 Å². The molecule has 36 heavy (non-hydrogen) atoms. The highest BCUT2D eigenvalue weighted by Gasteiger charge is 2.48. The number of sulfone groups is 1. The van der Waals surface area contributed by atoms with Crippen LogP contribution in [0.3, 0.4) is 0 Å². The van der Waals surface area contributed by atoms with E-state index in [0.717, 1.165) is 6.42 Å². The fourth-order valence-corrected chi connectivity index (χ4v) is 7.51. The van der Waals surface area contributed by atoms with Gasteiger partial charge in [-0.25, -0.2) is 8.42 Å². The molecule has 4 unspecified atom stereocenters. The van der Waals surface area contributed by atoms with Crippen LogP contribution in [-0.4, -0.2) is 53.4 Å². The molecule has 7 nitrogen and oxygen atoms in total. The number of carboxylic acid groups (broad SMARTS) is 1. The Morgan fingerprint density at radius 1 is 1.11 bits per heavy atom. The molecule has 0 radical (unpaired) electrons. The van der Waals surface area contributed by atoms with Gasteiger partial charge in [0, 0.05) is 16.1 Å². The number of hydrogen-bond acceptors (Lipinski definition) is 5. The topological polar surface area (TPSA) is 101 Å². The minimum Gasteiger partial charge on any atom is -0.481 e. The number of halogens is 2. The molecule has 2 aromatic carbocycles. The predicted octanol–water partition coefficient (Wildman–Crippen LogP) is 5.22. The lowest BCUT2D eigenvalue weighted by Gasteiger charge is -2.48. The van der Waals surface area contributed by atoms with Gasteiger partial charge >= 0.3 is 5.97 Å². The van der Waals surface area contributed by atoms with Crippen LogP contribution in [0.25, 0.3) is 0 Å². The normalized spacial score (nSPS) is 23.8. The van der Waals surface area contributed by atoms with Crippen molar-refractivity contribution in [3.05, 3.63) is 69.7 Å². The molecule has 1 amide bonds. The molecule has 1 aliphatic heterocycles. The molecular formula is C26H29Cl2NO6S. The minimum absolute atomic E-state index is 0.188. The summed E-state index contributed by atoms with van der Waals surface area (Å²) in [4.78, 5) is 27.0. The number of aliphatic carboxylic acids is 1. The zero-order valence-electron chi connectivity index (χ0n) is 19.8. The number of morpholine rings is 1. The standard InChI is InChI=1S/C26H29Cl2NO6S/c1-2-20(15-36(33,34)21-7-4-8-21)29-24(16-9-11-18(27)12-10-16)25(17-5-3-6-19(28)13-17)35-22(26(29)32)14-23(30)31/h3,5-6,9-13,20-22,24-25H,2,4,7-8,14-15H2,1H3,(H,30,31). The number of benzene rings is 2. The first-order valence-electron chi connectivity index (χ1n) is 12.0. The van der Waals surface area contributed by atoms with E-state index in [1.807, 2.05) is 6.92 Å². The van der Waals surface area contributed by atoms with E-state index in [-0.39, 0.29) is 5.75 Å².